The van der Waals surface area contributed by atoms with Crippen LogP contribution in [0.1, 0.15) is 5.82 Å². The lowest BCUT2D eigenvalue weighted by molar-refractivity contribution is -0.214. The second-order valence-electron chi connectivity index (χ2n) is 1.68. The van der Waals surface area contributed by atoms with E-state index in [1.165, 1.54) is 0 Å². The van der Waals surface area contributed by atoms with Gasteiger partial charge in [0, 0.05) is 0 Å². The van der Waals surface area contributed by atoms with E-state index < -0.39 is 12.1 Å². The first kappa shape index (κ1) is 7.92. The second kappa shape index (κ2) is 2.46. The molecule has 1 aromatic rings. The number of hydrogen-bond acceptors (Lipinski definition) is 4. The molecule has 0 radical (unpaired) electrons. The molecule has 0 spiro atoms. The van der Waals surface area contributed by atoms with Gasteiger partial charge >= 0.3 is 6.30 Å². The quantitative estimate of drug-likeness (QED) is 0.618. The van der Waals surface area contributed by atoms with Gasteiger partial charge in [-0.1, -0.05) is 0 Å². The number of tetrazole rings is 1. The van der Waals surface area contributed by atoms with Crippen molar-refractivity contribution < 1.29 is 13.2 Å². The Hall–Kier alpha value is -1.18. The third kappa shape index (κ3) is 1.45. The maximum Gasteiger partial charge on any atom is 0.507 e. The lowest BCUT2D eigenvalue weighted by Gasteiger charge is -2.05. The highest BCUT2D eigenvalue weighted by molar-refractivity contribution is 4.79. The third-order valence-electron chi connectivity index (χ3n) is 0.957. The Morgan fingerprint density at radius 3 is 2.45 bits per heavy atom. The van der Waals surface area contributed by atoms with E-state index in [1.54, 1.807) is 0 Å². The van der Waals surface area contributed by atoms with Gasteiger partial charge in [-0.25, -0.2) is 0 Å². The molecule has 1 rings (SSSR count). The van der Waals surface area contributed by atoms with Crippen LogP contribution >= 0.6 is 0 Å². The van der Waals surface area contributed by atoms with Crippen LogP contribution in [0.3, 0.4) is 0 Å². The van der Waals surface area contributed by atoms with E-state index in [0.717, 1.165) is 0 Å². The molecule has 0 fully saturated rings. The van der Waals surface area contributed by atoms with Gasteiger partial charge in [-0.3, -0.25) is 0 Å². The summed E-state index contributed by atoms with van der Waals surface area (Å²) < 4.78 is 35.2. The molecule has 0 saturated heterocycles. The molecule has 0 amide bonds. The molecule has 0 bridgehead atoms. The molecule has 5 nitrogen and oxygen atoms in total. The molecule has 0 aliphatic carbocycles. The summed E-state index contributed by atoms with van der Waals surface area (Å²) in [6.07, 6.45) is -4.59. The summed E-state index contributed by atoms with van der Waals surface area (Å²) in [7, 11) is 0. The van der Waals surface area contributed by atoms with E-state index in [2.05, 4.69) is 15.5 Å². The monoisotopic (exact) mass is 167 g/mol. The minimum atomic E-state index is -4.59. The number of alkyl halides is 3. The summed E-state index contributed by atoms with van der Waals surface area (Å²) in [6, 6.07) is 0. The molecule has 0 atom stereocenters. The highest BCUT2D eigenvalue weighted by Crippen LogP contribution is 2.20. The molecule has 1 aromatic heterocycles. The normalized spacial score (nSPS) is 12.0. The van der Waals surface area contributed by atoms with Crippen LogP contribution in [0.4, 0.5) is 13.2 Å². The number of nitrogens with zero attached hydrogens (tertiary/aromatic N) is 4. The van der Waals surface area contributed by atoms with E-state index in [1.807, 2.05) is 0 Å². The van der Waals surface area contributed by atoms with Gasteiger partial charge in [0.05, 0.1) is 6.54 Å². The van der Waals surface area contributed by atoms with Gasteiger partial charge in [-0.15, -0.1) is 23.0 Å². The SMILES string of the molecule is NCc1nnnn1C(F)(F)F. The van der Waals surface area contributed by atoms with Gasteiger partial charge in [0.2, 0.25) is 0 Å². The smallest absolute Gasteiger partial charge is 0.324 e. The zero-order valence-corrected chi connectivity index (χ0v) is 5.21. The van der Waals surface area contributed by atoms with Gasteiger partial charge in [-0.05, 0) is 10.4 Å². The first-order valence-electron chi connectivity index (χ1n) is 2.60. The van der Waals surface area contributed by atoms with E-state index in [9.17, 15) is 13.2 Å². The van der Waals surface area contributed by atoms with Crippen LogP contribution in [0.25, 0.3) is 0 Å². The van der Waals surface area contributed by atoms with Crippen LogP contribution in [0.15, 0.2) is 0 Å². The molecule has 0 aliphatic heterocycles. The van der Waals surface area contributed by atoms with Crippen molar-refractivity contribution >= 4 is 0 Å². The Morgan fingerprint density at radius 2 is 2.09 bits per heavy atom. The van der Waals surface area contributed by atoms with Gasteiger partial charge in [0.25, 0.3) is 0 Å². The number of aromatic nitrogens is 4. The Bertz CT molecular complexity index is 239. The predicted molar refractivity (Wildman–Crippen MR) is 27.0 cm³/mol. The third-order valence-corrected chi connectivity index (χ3v) is 0.957. The van der Waals surface area contributed by atoms with E-state index in [0.29, 0.717) is 0 Å². The molecule has 0 saturated carbocycles. The molecule has 11 heavy (non-hydrogen) atoms. The van der Waals surface area contributed by atoms with Crippen LogP contribution in [-0.2, 0) is 12.8 Å². The van der Waals surface area contributed by atoms with Gasteiger partial charge < -0.3 is 5.73 Å². The predicted octanol–water partition coefficient (Wildman–Crippen LogP) is -0.392. The summed E-state index contributed by atoms with van der Waals surface area (Å²) in [5.74, 6) is -0.405. The van der Waals surface area contributed by atoms with Crippen molar-refractivity contribution in [1.29, 1.82) is 0 Å². The van der Waals surface area contributed by atoms with Crippen molar-refractivity contribution in [3.8, 4) is 0 Å². The Labute approximate surface area is 59.0 Å². The second-order valence-corrected chi connectivity index (χ2v) is 1.68. The highest BCUT2D eigenvalue weighted by atomic mass is 19.4. The highest BCUT2D eigenvalue weighted by Gasteiger charge is 2.34. The van der Waals surface area contributed by atoms with Crippen LogP contribution < -0.4 is 5.73 Å². The van der Waals surface area contributed by atoms with Crippen molar-refractivity contribution in [3.05, 3.63) is 5.82 Å². The Morgan fingerprint density at radius 1 is 1.45 bits per heavy atom. The minimum absolute atomic E-state index is 0.271. The molecule has 0 aliphatic rings. The van der Waals surface area contributed by atoms with Crippen LogP contribution in [0.5, 0.6) is 0 Å². The van der Waals surface area contributed by atoms with Crippen LogP contribution in [0.2, 0.25) is 0 Å². The number of hydrogen-bond donors (Lipinski definition) is 1. The Balaban J connectivity index is 3.02. The lowest BCUT2D eigenvalue weighted by atomic mass is 10.6. The average Bonchev–Trinajstić information content (AvgIpc) is 2.31. The van der Waals surface area contributed by atoms with E-state index in [4.69, 9.17) is 5.73 Å². The number of nitrogens with two attached hydrogens (primary N) is 1. The molecule has 0 unspecified atom stereocenters. The van der Waals surface area contributed by atoms with Crippen LogP contribution in [0, 0.1) is 0 Å². The van der Waals surface area contributed by atoms with Crippen molar-refractivity contribution in [2.24, 2.45) is 5.73 Å². The standard InChI is InChI=1S/C3H4F3N5/c4-3(5,6)11-2(1-7)8-9-10-11/h1,7H2. The van der Waals surface area contributed by atoms with Crippen molar-refractivity contribution in [2.45, 2.75) is 12.8 Å². The topological polar surface area (TPSA) is 69.6 Å². The summed E-state index contributed by atoms with van der Waals surface area (Å²) >= 11 is 0. The molecular weight excluding hydrogens is 163 g/mol. The maximum atomic E-state index is 11.8. The molecular formula is C3H4F3N5. The fraction of sp³-hybridized carbons (Fsp3) is 0.667. The molecule has 8 heteroatoms. The fourth-order valence-corrected chi connectivity index (χ4v) is 0.530. The van der Waals surface area contributed by atoms with Crippen molar-refractivity contribution in [1.82, 2.24) is 20.2 Å². The molecule has 1 heterocycles. The number of halogens is 3. The summed E-state index contributed by atoms with van der Waals surface area (Å²) in [5.41, 5.74) is 4.93. The van der Waals surface area contributed by atoms with Gasteiger partial charge in [-0.2, -0.15) is 0 Å². The minimum Gasteiger partial charge on any atom is -0.324 e. The summed E-state index contributed by atoms with van der Waals surface area (Å²) in [6.45, 7) is -0.341. The summed E-state index contributed by atoms with van der Waals surface area (Å²) in [5, 5.41) is 8.59. The Kier molecular flexibility index (Phi) is 1.77. The van der Waals surface area contributed by atoms with Crippen LogP contribution in [-0.4, -0.2) is 20.2 Å². The summed E-state index contributed by atoms with van der Waals surface area (Å²) in [4.78, 5) is 0. The zero-order valence-electron chi connectivity index (χ0n) is 5.21. The van der Waals surface area contributed by atoms with Crippen molar-refractivity contribution in [2.75, 3.05) is 0 Å². The number of rotatable bonds is 1. The average molecular weight is 167 g/mol. The first-order chi connectivity index (χ1) is 5.05. The maximum absolute atomic E-state index is 11.8. The fourth-order valence-electron chi connectivity index (χ4n) is 0.530. The van der Waals surface area contributed by atoms with Gasteiger partial charge in [0.1, 0.15) is 0 Å². The lowest BCUT2D eigenvalue weighted by Crippen LogP contribution is -2.22. The zero-order chi connectivity index (χ0) is 8.48. The molecule has 2 N–H and O–H groups in total. The molecule has 0 aromatic carbocycles. The van der Waals surface area contributed by atoms with E-state index in [-0.39, 0.29) is 11.2 Å². The largest absolute Gasteiger partial charge is 0.507 e. The van der Waals surface area contributed by atoms with Gasteiger partial charge in [0.15, 0.2) is 5.82 Å². The molecule has 62 valence electrons. The first-order valence-corrected chi connectivity index (χ1v) is 2.60. The van der Waals surface area contributed by atoms with E-state index >= 15 is 0 Å². The van der Waals surface area contributed by atoms with Crippen molar-refractivity contribution in [3.63, 3.8) is 0 Å².